The number of ether oxygens (including phenoxy) is 1. The molecule has 13 aromatic heterocycles. The number of aromatic nitrogens is 15. The molecule has 0 saturated carbocycles. The van der Waals surface area contributed by atoms with E-state index >= 15 is 0 Å². The predicted octanol–water partition coefficient (Wildman–Crippen LogP) is 21.1. The second kappa shape index (κ2) is 55.1. The number of nitrogen functional groups attached to an aromatic ring is 4. The molecule has 1 atom stereocenters. The molecule has 141 heavy (non-hydrogen) atoms. The largest absolute Gasteiger partial charge is 1.00 e. The second-order valence-corrected chi connectivity index (χ2v) is 42.2. The molecule has 4 aromatic carbocycles. The molecule has 0 saturated heterocycles. The molecule has 26 nitrogen and oxygen atoms in total. The van der Waals surface area contributed by atoms with Gasteiger partial charge in [-0.05, 0) is 267 Å². The number of fused-ring (bicyclic) bond motifs is 3. The van der Waals surface area contributed by atoms with Crippen molar-refractivity contribution in [3.63, 3.8) is 0 Å². The Kier molecular flexibility index (Phi) is 46.4. The minimum Gasteiger partial charge on any atom is -1.00 e. The normalized spacial score (nSPS) is 11.1. The van der Waals surface area contributed by atoms with Crippen LogP contribution in [0.4, 0.5) is 23.3 Å². The van der Waals surface area contributed by atoms with Gasteiger partial charge in [-0.15, -0.1) is 11.6 Å². The van der Waals surface area contributed by atoms with Gasteiger partial charge in [0, 0.05) is 114 Å². The molecule has 17 aromatic rings. The number of aliphatic hydroxyl groups is 1. The molecule has 0 amide bonds. The first-order chi connectivity index (χ1) is 65.7. The van der Waals surface area contributed by atoms with Gasteiger partial charge in [0.25, 0.3) is 0 Å². The number of benzene rings is 4. The number of methoxy groups -OCH3 is 1. The average Bonchev–Trinajstić information content (AvgIpc) is 1.60. The van der Waals surface area contributed by atoms with Crippen LogP contribution in [-0.4, -0.2) is 121 Å². The van der Waals surface area contributed by atoms with Crippen LogP contribution >= 0.6 is 105 Å². The molecule has 0 fully saturated rings. The van der Waals surface area contributed by atoms with Crippen molar-refractivity contribution in [1.82, 2.24) is 73.8 Å². The third-order valence-electron chi connectivity index (χ3n) is 20.4. The molecule has 0 aliphatic rings. The molecule has 17 rings (SSSR count). The summed E-state index contributed by atoms with van der Waals surface area (Å²) in [6.45, 7) is 39.3. The van der Waals surface area contributed by atoms with Crippen molar-refractivity contribution in [3.8, 4) is 57.0 Å². The minimum atomic E-state index is -1.48. The van der Waals surface area contributed by atoms with Crippen molar-refractivity contribution in [2.75, 3.05) is 37.2 Å². The summed E-state index contributed by atoms with van der Waals surface area (Å²) in [6, 6.07) is 68.5. The van der Waals surface area contributed by atoms with Crippen LogP contribution < -0.4 is 73.7 Å². The number of aromatic amines is 3. The summed E-state index contributed by atoms with van der Waals surface area (Å²) in [4.78, 5) is 84.9. The van der Waals surface area contributed by atoms with Crippen LogP contribution in [0, 0.1) is 17.4 Å². The third-order valence-corrected chi connectivity index (χ3v) is 23.2. The number of hydrogen-bond acceptors (Lipinski definition) is 21. The fourth-order valence-corrected chi connectivity index (χ4v) is 15.4. The van der Waals surface area contributed by atoms with E-state index < -0.39 is 7.12 Å². The fraction of sp³-hybridized carbons (Fsp3) is 0.255. The van der Waals surface area contributed by atoms with Crippen LogP contribution in [0.2, 0.25) is 10.0 Å². The molecule has 0 radical (unpaired) electrons. The SMILES string of the molecule is Brc1cccc(-n2cnc3ccccc32)c1.Brc1cccc(I)c1.CC(=O)C(C)Cl.CC(C)(C)c1ccnc(-c2cc(=O)cc(N)[nH]2)c1.CC(C)(C)c1ccnc(-c2cc(Cl)cc(N)n2)c1.CC(C)(C)c1ccnc(B(O)O)c1.CO.COc1cc(N)nc(-c2cc(C(C)(C)C)ccn2)c1.Cc1[nH]c2cc(=O)cc(-c3cc(C(C)(C)C)ccn3)n2c1C.Nc1cc(Cl)cc(Br)n1.[H-].[Na+].c1ccc2[nH]cnc2c1. The number of carbonyl (C=O) groups excluding carboxylic acids is 1. The van der Waals surface area contributed by atoms with Gasteiger partial charge in [0.2, 0.25) is 0 Å². The van der Waals surface area contributed by atoms with Crippen molar-refractivity contribution >= 4 is 175 Å². The fourth-order valence-electron chi connectivity index (χ4n) is 12.6. The Morgan fingerprint density at radius 3 is 1.43 bits per heavy atom. The first kappa shape index (κ1) is 119. The van der Waals surface area contributed by atoms with Crippen LogP contribution in [0.5, 0.6) is 5.75 Å². The zero-order valence-electron chi connectivity index (χ0n) is 84.3. The van der Waals surface area contributed by atoms with Crippen molar-refractivity contribution in [2.45, 2.75) is 164 Å². The molecule has 14 N–H and O–H groups in total. The predicted molar refractivity (Wildman–Crippen MR) is 597 cm³/mol. The van der Waals surface area contributed by atoms with Crippen molar-refractivity contribution in [2.24, 2.45) is 0 Å². The number of pyridine rings is 10. The van der Waals surface area contributed by atoms with E-state index in [1.54, 1.807) is 93.7 Å². The number of hydrogen-bond donors (Lipinski definition) is 10. The van der Waals surface area contributed by atoms with Crippen LogP contribution in [0.1, 0.15) is 158 Å². The van der Waals surface area contributed by atoms with E-state index in [2.05, 4.69) is 284 Å². The summed E-state index contributed by atoms with van der Waals surface area (Å²) in [6.07, 6.45) is 12.3. The molecule has 0 aliphatic heterocycles. The number of aliphatic hydroxyl groups excluding tert-OH is 1. The van der Waals surface area contributed by atoms with E-state index in [9.17, 15) is 14.4 Å². The van der Waals surface area contributed by atoms with E-state index in [-0.39, 0.29) is 80.1 Å². The molecular weight excluding hydrogens is 2160 g/mol. The summed E-state index contributed by atoms with van der Waals surface area (Å²) in [5.41, 5.74) is 43.0. The van der Waals surface area contributed by atoms with Crippen LogP contribution in [0.25, 0.3) is 79.0 Å². The van der Waals surface area contributed by atoms with Gasteiger partial charge < -0.3 is 59.2 Å². The summed E-state index contributed by atoms with van der Waals surface area (Å²) >= 11 is 29.1. The van der Waals surface area contributed by atoms with Crippen LogP contribution in [0.15, 0.2) is 285 Å². The molecule has 35 heteroatoms. The first-order valence-corrected chi connectivity index (χ1v) is 48.7. The molecule has 1 unspecified atom stereocenters. The monoisotopic (exact) mass is 2280 g/mol. The number of ketones is 1. The molecule has 736 valence electrons. The molecular formula is C106H122BBr3Cl3IN19NaO7. The average molecular weight is 2280 g/mol. The Morgan fingerprint density at radius 1 is 0.496 bits per heavy atom. The number of nitrogens with one attached hydrogen (secondary N) is 3. The molecule has 13 heterocycles. The van der Waals surface area contributed by atoms with Crippen molar-refractivity contribution < 1.29 is 55.7 Å². The number of carbonyl (C=O) groups is 1. The Morgan fingerprint density at radius 2 is 0.950 bits per heavy atom. The van der Waals surface area contributed by atoms with E-state index in [1.165, 1.54) is 39.3 Å². The Bertz CT molecular complexity index is 6970. The molecule has 0 bridgehead atoms. The zero-order valence-corrected chi connectivity index (χ0v) is 94.5. The van der Waals surface area contributed by atoms with Gasteiger partial charge in [0.15, 0.2) is 10.9 Å². The summed E-state index contributed by atoms with van der Waals surface area (Å²) in [5.74, 6) is 2.31. The van der Waals surface area contributed by atoms with Gasteiger partial charge in [0.05, 0.1) is 92.0 Å². The minimum absolute atomic E-state index is 0. The number of halogens is 7. The maximum Gasteiger partial charge on any atom is 1.00 e. The number of para-hydroxylation sites is 4. The standard InChI is InChI=1S/C18H21N3O.C15H19N3O.C14H16ClN3.C14H17N3O.C13H9BrN2.C9H14BNO2.C7H6N2.C6H4BrI.C5H4BrClN2.C4H7ClO.CH4O.Na.H/c1-11-12(2)21-16(9-14(22)10-17(21)20-11)15-8-13(6-7-19-15)18(3,4)5;1-15(2,3)10-5-6-17-12(7-10)13-8-11(19-4)9-14(16)18-13;1-14(2,3)9-4-5-17-11(6-9)12-7-10(15)8-13(16)18-12;1-14(2,3)9-4-5-16-11(6-9)12-7-10(18)8-13(15)17-12;14-10-4-3-5-11(8-10)16-9-15-12-6-1-2-7-13(12)16;1-9(2,3)7-4-5-11-8(6-7)10(12)13;1-2-4-7-6(3-1)8-5-9-7;7-5-2-1-3-6(8)4-5;6-4-1-3(7)2-5(8)9-4;1-3(5)4(2)6;1-2;;/h6-10,20H,1-5H3;5-9H,1-4H3,(H2,16,18);4-8H,1-3H3,(H2,16,18);4-8H,1-3H3,(H3,15,17,18);1-9H;4-6,12-13H,1-3H3;1-5H,(H,8,9);1-4H;1-2H,(H2,8,9);3H,1-2H3;2H,1H3;;/q;;;;;;;;;;;+1;-1. The quantitative estimate of drug-likeness (QED) is 0.0292. The number of rotatable bonds is 8. The zero-order chi connectivity index (χ0) is 104. The van der Waals surface area contributed by atoms with Gasteiger partial charge >= 0.3 is 36.7 Å². The topological polar surface area (TPSA) is 411 Å². The number of nitrogens with two attached hydrogens (primary N) is 4. The van der Waals surface area contributed by atoms with Gasteiger partial charge in [-0.2, -0.15) is 0 Å². The van der Waals surface area contributed by atoms with Crippen molar-refractivity contribution in [3.05, 3.63) is 349 Å². The third kappa shape index (κ3) is 38.7. The van der Waals surface area contributed by atoms with Crippen LogP contribution in [-0.2, 0) is 31.9 Å². The summed E-state index contributed by atoms with van der Waals surface area (Å²) in [7, 11) is 1.12. The molecule has 0 aliphatic carbocycles. The first-order valence-electron chi connectivity index (χ1n) is 44.0. The number of alkyl halides is 1. The number of aryl methyl sites for hydroxylation is 2. The number of anilines is 4. The maximum absolute atomic E-state index is 12.0. The van der Waals surface area contributed by atoms with E-state index in [0.29, 0.717) is 60.7 Å². The van der Waals surface area contributed by atoms with Gasteiger partial charge in [-0.25, -0.2) is 24.9 Å². The molecule has 0 spiro atoms. The summed E-state index contributed by atoms with van der Waals surface area (Å²) in [5, 5.41) is 25.7. The second-order valence-electron chi connectivity index (χ2n) is 36.7. The maximum atomic E-state index is 12.0. The number of imidazole rings is 3. The van der Waals surface area contributed by atoms with E-state index in [4.69, 9.17) is 77.6 Å². The Labute approximate surface area is 902 Å². The van der Waals surface area contributed by atoms with Crippen molar-refractivity contribution in [1.29, 1.82) is 0 Å². The Hall–Kier alpha value is -10.9. The Balaban J connectivity index is 0.000000282. The smallest absolute Gasteiger partial charge is 1.00 e. The number of Topliss-reactive ketones (excluding diaryl/α,β-unsaturated/α-hetero) is 1. The number of nitrogens with zero attached hydrogens (tertiary/aromatic N) is 12. The van der Waals surface area contributed by atoms with Gasteiger partial charge in [-0.3, -0.25) is 48.3 Å². The van der Waals surface area contributed by atoms with Crippen LogP contribution in [0.3, 0.4) is 0 Å². The van der Waals surface area contributed by atoms with Gasteiger partial charge in [0.1, 0.15) is 51.4 Å². The van der Waals surface area contributed by atoms with Gasteiger partial charge in [-0.1, -0.05) is 195 Å². The summed E-state index contributed by atoms with van der Waals surface area (Å²) < 4.78 is 13.5. The number of H-pyrrole nitrogens is 3. The van der Waals surface area contributed by atoms with E-state index in [1.807, 2.05) is 148 Å². The van der Waals surface area contributed by atoms with E-state index in [0.717, 1.165) is 106 Å².